The molecule has 1 aliphatic heterocycles. The lowest BCUT2D eigenvalue weighted by Gasteiger charge is -2.17. The number of hydrogen-bond donors (Lipinski definition) is 1. The van der Waals surface area contributed by atoms with Crippen LogP contribution in [-0.2, 0) is 9.59 Å². The minimum Gasteiger partial charge on any atom is -0.312 e. The first-order valence-electron chi connectivity index (χ1n) is 7.91. The number of carbonyl (C=O) groups is 2. The van der Waals surface area contributed by atoms with Gasteiger partial charge >= 0.3 is 0 Å². The van der Waals surface area contributed by atoms with Gasteiger partial charge in [0.05, 0.1) is 10.9 Å². The number of nitrogens with zero attached hydrogens (tertiary/aromatic N) is 3. The van der Waals surface area contributed by atoms with Crippen molar-refractivity contribution in [2.24, 2.45) is 5.92 Å². The summed E-state index contributed by atoms with van der Waals surface area (Å²) in [7, 11) is 0. The number of nitrogens with one attached hydrogen (secondary N) is 1. The zero-order chi connectivity index (χ0) is 17.6. The average molecular weight is 381 g/mol. The van der Waals surface area contributed by atoms with E-state index in [1.807, 2.05) is 0 Å². The molecule has 2 heterocycles. The Hall–Kier alpha value is -2.06. The molecule has 0 bridgehead atoms. The molecule has 2 aliphatic rings. The third-order valence-corrected chi connectivity index (χ3v) is 5.60. The fraction of sp³-hybridized carbons (Fsp3) is 0.375. The number of benzene rings is 1. The van der Waals surface area contributed by atoms with Gasteiger partial charge in [-0.1, -0.05) is 22.9 Å². The molecule has 6 nitrogen and oxygen atoms in total. The fourth-order valence-corrected chi connectivity index (χ4v) is 3.86. The maximum atomic E-state index is 13.3. The first-order chi connectivity index (χ1) is 12.0. The first-order valence-corrected chi connectivity index (χ1v) is 9.10. The van der Waals surface area contributed by atoms with E-state index in [0.29, 0.717) is 16.7 Å². The van der Waals surface area contributed by atoms with Gasteiger partial charge in [-0.2, -0.15) is 0 Å². The molecule has 1 atom stereocenters. The second-order valence-corrected chi connectivity index (χ2v) is 7.63. The van der Waals surface area contributed by atoms with Crippen LogP contribution in [0.15, 0.2) is 18.2 Å². The summed E-state index contributed by atoms with van der Waals surface area (Å²) >= 11 is 7.15. The van der Waals surface area contributed by atoms with E-state index in [-0.39, 0.29) is 29.8 Å². The molecule has 25 heavy (non-hydrogen) atoms. The van der Waals surface area contributed by atoms with Crippen LogP contribution >= 0.6 is 22.9 Å². The van der Waals surface area contributed by atoms with Crippen molar-refractivity contribution in [3.05, 3.63) is 34.0 Å². The third kappa shape index (κ3) is 3.36. The predicted molar refractivity (Wildman–Crippen MR) is 92.4 cm³/mol. The van der Waals surface area contributed by atoms with Crippen molar-refractivity contribution in [1.82, 2.24) is 10.2 Å². The Labute approximate surface area is 152 Å². The summed E-state index contributed by atoms with van der Waals surface area (Å²) in [6.07, 6.45) is 2.33. The van der Waals surface area contributed by atoms with Crippen LogP contribution in [0.1, 0.15) is 30.2 Å². The minimum absolute atomic E-state index is 0.0559. The van der Waals surface area contributed by atoms with E-state index in [4.69, 9.17) is 11.6 Å². The standard InChI is InChI=1S/C16H14ClFN4O2S/c17-11-6-10(3-4-12(11)18)22-7-9(5-13(22)23)14(24)19-16-21-20-15(25-16)8-1-2-8/h3-4,6,8-9H,1-2,5,7H2,(H,19,21,24)/t9-/m0/s1. The molecular weight excluding hydrogens is 367 g/mol. The molecule has 2 fully saturated rings. The molecule has 1 N–H and O–H groups in total. The second-order valence-electron chi connectivity index (χ2n) is 6.21. The largest absolute Gasteiger partial charge is 0.312 e. The molecular formula is C16H14ClFN4O2S. The number of carbonyl (C=O) groups excluding carboxylic acids is 2. The van der Waals surface area contributed by atoms with Crippen molar-refractivity contribution in [2.45, 2.75) is 25.2 Å². The summed E-state index contributed by atoms with van der Waals surface area (Å²) in [6.45, 7) is 0.223. The summed E-state index contributed by atoms with van der Waals surface area (Å²) in [5, 5.41) is 12.2. The summed E-state index contributed by atoms with van der Waals surface area (Å²) < 4.78 is 13.3. The van der Waals surface area contributed by atoms with Crippen LogP contribution in [0.3, 0.4) is 0 Å². The fourth-order valence-electron chi connectivity index (χ4n) is 2.77. The average Bonchev–Trinajstić information content (AvgIpc) is 3.21. The Kier molecular flexibility index (Phi) is 4.16. The number of rotatable bonds is 4. The van der Waals surface area contributed by atoms with Gasteiger partial charge in [0, 0.05) is 24.6 Å². The number of aromatic nitrogens is 2. The van der Waals surface area contributed by atoms with E-state index in [1.165, 1.54) is 34.4 Å². The van der Waals surface area contributed by atoms with E-state index < -0.39 is 11.7 Å². The van der Waals surface area contributed by atoms with Gasteiger partial charge in [0.25, 0.3) is 0 Å². The summed E-state index contributed by atoms with van der Waals surface area (Å²) in [4.78, 5) is 26.1. The molecule has 2 amide bonds. The highest BCUT2D eigenvalue weighted by Crippen LogP contribution is 2.42. The monoisotopic (exact) mass is 380 g/mol. The SMILES string of the molecule is O=C(Nc1nnc(C2CC2)s1)[C@H]1CC(=O)N(c2ccc(F)c(Cl)c2)C1. The molecule has 2 aromatic rings. The van der Waals surface area contributed by atoms with Crippen LogP contribution in [-0.4, -0.2) is 28.6 Å². The normalized spacial score (nSPS) is 20.2. The van der Waals surface area contributed by atoms with E-state index in [2.05, 4.69) is 15.5 Å². The van der Waals surface area contributed by atoms with E-state index in [0.717, 1.165) is 17.8 Å². The Morgan fingerprint density at radius 1 is 1.36 bits per heavy atom. The van der Waals surface area contributed by atoms with Gasteiger partial charge in [-0.15, -0.1) is 10.2 Å². The minimum atomic E-state index is -0.547. The lowest BCUT2D eigenvalue weighted by atomic mass is 10.1. The van der Waals surface area contributed by atoms with Gasteiger partial charge in [0.15, 0.2) is 0 Å². The predicted octanol–water partition coefficient (Wildman–Crippen LogP) is 3.20. The Morgan fingerprint density at radius 2 is 2.16 bits per heavy atom. The summed E-state index contributed by atoms with van der Waals surface area (Å²) in [5.74, 6) is -1.02. The molecule has 0 spiro atoms. The van der Waals surface area contributed by atoms with Crippen molar-refractivity contribution >= 4 is 45.6 Å². The lowest BCUT2D eigenvalue weighted by Crippen LogP contribution is -2.28. The van der Waals surface area contributed by atoms with Gasteiger partial charge in [0.1, 0.15) is 10.8 Å². The molecule has 1 saturated carbocycles. The van der Waals surface area contributed by atoms with Crippen LogP contribution < -0.4 is 10.2 Å². The van der Waals surface area contributed by atoms with Crippen LogP contribution in [0.2, 0.25) is 5.02 Å². The Bertz CT molecular complexity index is 854. The van der Waals surface area contributed by atoms with Crippen LogP contribution in [0, 0.1) is 11.7 Å². The summed E-state index contributed by atoms with van der Waals surface area (Å²) in [5.41, 5.74) is 0.485. The smallest absolute Gasteiger partial charge is 0.231 e. The molecule has 1 aliphatic carbocycles. The number of halogens is 2. The van der Waals surface area contributed by atoms with E-state index in [1.54, 1.807) is 0 Å². The Morgan fingerprint density at radius 3 is 2.88 bits per heavy atom. The van der Waals surface area contributed by atoms with Crippen molar-refractivity contribution in [2.75, 3.05) is 16.8 Å². The van der Waals surface area contributed by atoms with Gasteiger partial charge in [-0.05, 0) is 31.0 Å². The maximum absolute atomic E-state index is 13.3. The van der Waals surface area contributed by atoms with E-state index >= 15 is 0 Å². The quantitative estimate of drug-likeness (QED) is 0.883. The lowest BCUT2D eigenvalue weighted by molar-refractivity contribution is -0.122. The highest BCUT2D eigenvalue weighted by Gasteiger charge is 2.36. The molecule has 9 heteroatoms. The van der Waals surface area contributed by atoms with Gasteiger partial charge in [-0.25, -0.2) is 4.39 Å². The van der Waals surface area contributed by atoms with Gasteiger partial charge in [0.2, 0.25) is 16.9 Å². The first kappa shape index (κ1) is 16.4. The molecule has 1 aromatic carbocycles. The number of anilines is 2. The zero-order valence-electron chi connectivity index (χ0n) is 13.0. The van der Waals surface area contributed by atoms with Gasteiger partial charge in [-0.3, -0.25) is 9.59 Å². The second kappa shape index (κ2) is 6.34. The van der Waals surface area contributed by atoms with Crippen molar-refractivity contribution in [3.8, 4) is 0 Å². The van der Waals surface area contributed by atoms with Crippen LogP contribution in [0.25, 0.3) is 0 Å². The molecule has 130 valence electrons. The highest BCUT2D eigenvalue weighted by molar-refractivity contribution is 7.15. The zero-order valence-corrected chi connectivity index (χ0v) is 14.6. The number of hydrogen-bond acceptors (Lipinski definition) is 5. The molecule has 1 saturated heterocycles. The molecule has 4 rings (SSSR count). The van der Waals surface area contributed by atoms with E-state index in [9.17, 15) is 14.0 Å². The number of amides is 2. The van der Waals surface area contributed by atoms with Crippen molar-refractivity contribution in [1.29, 1.82) is 0 Å². The van der Waals surface area contributed by atoms with Gasteiger partial charge < -0.3 is 10.2 Å². The van der Waals surface area contributed by atoms with Crippen LogP contribution in [0.4, 0.5) is 15.2 Å². The third-order valence-electron chi connectivity index (χ3n) is 4.31. The Balaban J connectivity index is 1.43. The van der Waals surface area contributed by atoms with Crippen molar-refractivity contribution in [3.63, 3.8) is 0 Å². The summed E-state index contributed by atoms with van der Waals surface area (Å²) in [6, 6.07) is 4.08. The highest BCUT2D eigenvalue weighted by atomic mass is 35.5. The molecule has 1 aromatic heterocycles. The van der Waals surface area contributed by atoms with Crippen LogP contribution in [0.5, 0.6) is 0 Å². The molecule has 0 radical (unpaired) electrons. The maximum Gasteiger partial charge on any atom is 0.231 e. The topological polar surface area (TPSA) is 75.2 Å². The van der Waals surface area contributed by atoms with Crippen molar-refractivity contribution < 1.29 is 14.0 Å². The molecule has 0 unspecified atom stereocenters.